The normalized spacial score (nSPS) is 12.8. The van der Waals surface area contributed by atoms with Gasteiger partial charge in [-0.2, -0.15) is 0 Å². The number of hydrogen-bond acceptors (Lipinski definition) is 1. The van der Waals surface area contributed by atoms with E-state index in [1.165, 1.54) is 105 Å². The Morgan fingerprint density at radius 2 is 0.710 bits per heavy atom. The molecule has 1 spiro atoms. The molecule has 11 aromatic carbocycles. The minimum atomic E-state index is -0.500. The molecule has 0 bridgehead atoms. The average Bonchev–Trinajstić information content (AvgIpc) is 4.04. The van der Waals surface area contributed by atoms with Crippen LogP contribution in [0.4, 0.5) is 17.1 Å². The third-order valence-corrected chi connectivity index (χ3v) is 14.8. The van der Waals surface area contributed by atoms with Gasteiger partial charge in [-0.25, -0.2) is 0 Å². The molecule has 322 valence electrons. The fraction of sp³-hybridized carbons (Fsp3) is 0.0149. The van der Waals surface area contributed by atoms with E-state index >= 15 is 0 Å². The Balaban J connectivity index is 0.902. The first-order valence-corrected chi connectivity index (χ1v) is 23.9. The van der Waals surface area contributed by atoms with Gasteiger partial charge in [-0.15, -0.1) is 0 Å². The van der Waals surface area contributed by atoms with Crippen molar-refractivity contribution in [3.05, 3.63) is 289 Å². The van der Waals surface area contributed by atoms with Crippen LogP contribution in [0, 0.1) is 0 Å². The van der Waals surface area contributed by atoms with Crippen LogP contribution < -0.4 is 4.90 Å². The van der Waals surface area contributed by atoms with Crippen molar-refractivity contribution >= 4 is 38.9 Å². The maximum absolute atomic E-state index is 2.49. The van der Waals surface area contributed by atoms with Crippen molar-refractivity contribution in [2.45, 2.75) is 5.41 Å². The van der Waals surface area contributed by atoms with Crippen LogP contribution >= 0.6 is 0 Å². The topological polar surface area (TPSA) is 8.17 Å². The van der Waals surface area contributed by atoms with Gasteiger partial charge in [0, 0.05) is 33.4 Å². The number of benzene rings is 11. The van der Waals surface area contributed by atoms with Crippen molar-refractivity contribution in [3.8, 4) is 61.3 Å². The maximum atomic E-state index is 2.49. The highest BCUT2D eigenvalue weighted by molar-refractivity contribution is 6.16. The highest BCUT2D eigenvalue weighted by Crippen LogP contribution is 2.65. The number of aromatic nitrogens is 1. The fourth-order valence-corrected chi connectivity index (χ4v) is 11.9. The second kappa shape index (κ2) is 15.6. The van der Waals surface area contributed by atoms with Gasteiger partial charge >= 0.3 is 0 Å². The average molecular weight is 877 g/mol. The molecule has 1 heterocycles. The Kier molecular flexibility index (Phi) is 8.84. The van der Waals surface area contributed by atoms with E-state index in [9.17, 15) is 0 Å². The molecule has 2 heteroatoms. The zero-order chi connectivity index (χ0) is 45.5. The van der Waals surface area contributed by atoms with Crippen LogP contribution in [0.2, 0.25) is 0 Å². The predicted octanol–water partition coefficient (Wildman–Crippen LogP) is 17.6. The molecule has 12 aromatic rings. The van der Waals surface area contributed by atoms with Crippen LogP contribution in [0.3, 0.4) is 0 Å². The van der Waals surface area contributed by atoms with Crippen LogP contribution in [0.5, 0.6) is 0 Å². The Morgan fingerprint density at radius 1 is 0.290 bits per heavy atom. The van der Waals surface area contributed by atoms with Gasteiger partial charge in [-0.05, 0) is 127 Å². The summed E-state index contributed by atoms with van der Waals surface area (Å²) < 4.78 is 2.39. The monoisotopic (exact) mass is 876 g/mol. The number of rotatable bonds is 7. The molecule has 0 N–H and O–H groups in total. The summed E-state index contributed by atoms with van der Waals surface area (Å²) in [6.07, 6.45) is 0. The lowest BCUT2D eigenvalue weighted by atomic mass is 9.70. The molecule has 0 atom stereocenters. The minimum Gasteiger partial charge on any atom is -0.310 e. The zero-order valence-corrected chi connectivity index (χ0v) is 37.8. The minimum absolute atomic E-state index is 0.500. The van der Waals surface area contributed by atoms with E-state index in [4.69, 9.17) is 0 Å². The largest absolute Gasteiger partial charge is 0.310 e. The number of fused-ring (bicyclic) bond motifs is 13. The summed E-state index contributed by atoms with van der Waals surface area (Å²) in [6.45, 7) is 0. The lowest BCUT2D eigenvalue weighted by Gasteiger charge is -2.36. The van der Waals surface area contributed by atoms with Crippen molar-refractivity contribution in [2.75, 3.05) is 4.90 Å². The molecule has 2 nitrogen and oxygen atoms in total. The van der Waals surface area contributed by atoms with E-state index in [1.54, 1.807) is 0 Å². The van der Waals surface area contributed by atoms with E-state index in [-0.39, 0.29) is 0 Å². The van der Waals surface area contributed by atoms with Gasteiger partial charge in [0.2, 0.25) is 0 Å². The molecule has 0 aliphatic heterocycles. The van der Waals surface area contributed by atoms with Gasteiger partial charge in [0.1, 0.15) is 0 Å². The van der Waals surface area contributed by atoms with E-state index in [0.717, 1.165) is 17.1 Å². The summed E-state index contributed by atoms with van der Waals surface area (Å²) in [6, 6.07) is 98.4. The number of hydrogen-bond donors (Lipinski definition) is 0. The molecule has 2 aliphatic carbocycles. The molecule has 0 amide bonds. The molecule has 0 saturated heterocycles. The molecular weight excluding hydrogens is 833 g/mol. The van der Waals surface area contributed by atoms with Crippen molar-refractivity contribution < 1.29 is 0 Å². The quantitative estimate of drug-likeness (QED) is 0.155. The Labute approximate surface area is 402 Å². The lowest BCUT2D eigenvalue weighted by Crippen LogP contribution is -2.28. The Hall–Kier alpha value is -8.98. The molecule has 0 saturated carbocycles. The summed E-state index contributed by atoms with van der Waals surface area (Å²) in [4.78, 5) is 2.49. The zero-order valence-electron chi connectivity index (χ0n) is 37.8. The molecule has 1 aromatic heterocycles. The van der Waals surface area contributed by atoms with Gasteiger partial charge in [0.15, 0.2) is 0 Å². The number of para-hydroxylation sites is 2. The molecule has 0 unspecified atom stereocenters. The van der Waals surface area contributed by atoms with Gasteiger partial charge in [-0.3, -0.25) is 0 Å². The van der Waals surface area contributed by atoms with Crippen molar-refractivity contribution in [1.29, 1.82) is 0 Å². The maximum Gasteiger partial charge on any atom is 0.0746 e. The molecule has 0 fully saturated rings. The van der Waals surface area contributed by atoms with Crippen molar-refractivity contribution in [1.82, 2.24) is 4.57 Å². The standard InChI is InChI=1S/C67H44N2/c1-3-17-45(18-4-1)47-37-41-51(42-38-47)68(64-32-16-26-57-56-23-9-13-29-61(56)67(66(57)64)59-27-11-7-21-54(59)55-22-8-12-28-60(55)67)52-43-39-48(40-44-52)46-33-35-49(36-34-46)53-25-15-31-63-65(53)58-24-10-14-30-62(58)69(63)50-19-5-2-6-20-50/h1-44H. The summed E-state index contributed by atoms with van der Waals surface area (Å²) in [5.74, 6) is 0. The number of nitrogens with zero attached hydrogens (tertiary/aromatic N) is 2. The second-order valence-corrected chi connectivity index (χ2v) is 18.3. The molecule has 14 rings (SSSR count). The first-order valence-electron chi connectivity index (χ1n) is 23.9. The molecule has 2 aliphatic rings. The third kappa shape index (κ3) is 5.86. The summed E-state index contributed by atoms with van der Waals surface area (Å²) in [5, 5.41) is 2.53. The molecule has 0 radical (unpaired) electrons. The SMILES string of the molecule is c1ccc(-c2ccc(N(c3ccc(-c4ccc(-c5cccc6c5c5ccccc5n6-c5ccccc5)cc4)cc3)c3cccc4c3C3(c5ccccc5-c5ccccc53)c3ccccc3-4)cc2)cc1. The predicted molar refractivity (Wildman–Crippen MR) is 288 cm³/mol. The summed E-state index contributed by atoms with van der Waals surface area (Å²) in [7, 11) is 0. The fourth-order valence-electron chi connectivity index (χ4n) is 11.9. The third-order valence-electron chi connectivity index (χ3n) is 14.8. The van der Waals surface area contributed by atoms with Gasteiger partial charge in [0.05, 0.1) is 22.1 Å². The summed E-state index contributed by atoms with van der Waals surface area (Å²) in [5.41, 5.74) is 24.1. The van der Waals surface area contributed by atoms with E-state index < -0.39 is 5.41 Å². The first kappa shape index (κ1) is 39.2. The molecular formula is C67H44N2. The highest BCUT2D eigenvalue weighted by Gasteiger charge is 2.53. The van der Waals surface area contributed by atoms with E-state index in [0.29, 0.717) is 0 Å². The van der Waals surface area contributed by atoms with Crippen LogP contribution in [-0.4, -0.2) is 4.57 Å². The lowest BCUT2D eigenvalue weighted by molar-refractivity contribution is 0.793. The van der Waals surface area contributed by atoms with Gasteiger partial charge in [0.25, 0.3) is 0 Å². The molecule has 69 heavy (non-hydrogen) atoms. The van der Waals surface area contributed by atoms with Gasteiger partial charge < -0.3 is 9.47 Å². The van der Waals surface area contributed by atoms with Crippen molar-refractivity contribution in [3.63, 3.8) is 0 Å². The van der Waals surface area contributed by atoms with Gasteiger partial charge in [-0.1, -0.05) is 212 Å². The van der Waals surface area contributed by atoms with E-state index in [2.05, 4.69) is 276 Å². The van der Waals surface area contributed by atoms with Crippen LogP contribution in [0.25, 0.3) is 83.1 Å². The Morgan fingerprint density at radius 3 is 1.32 bits per heavy atom. The van der Waals surface area contributed by atoms with Crippen molar-refractivity contribution in [2.24, 2.45) is 0 Å². The van der Waals surface area contributed by atoms with E-state index in [1.807, 2.05) is 0 Å². The van der Waals surface area contributed by atoms with Crippen LogP contribution in [0.1, 0.15) is 22.3 Å². The highest BCUT2D eigenvalue weighted by atomic mass is 15.1. The Bertz CT molecular complexity index is 3860. The smallest absolute Gasteiger partial charge is 0.0746 e. The summed E-state index contributed by atoms with van der Waals surface area (Å²) >= 11 is 0. The van der Waals surface area contributed by atoms with Crippen LogP contribution in [0.15, 0.2) is 267 Å². The van der Waals surface area contributed by atoms with Crippen LogP contribution in [-0.2, 0) is 5.41 Å². The first-order chi connectivity index (χ1) is 34.3. The second-order valence-electron chi connectivity index (χ2n) is 18.3. The number of anilines is 3.